The van der Waals surface area contributed by atoms with Crippen molar-refractivity contribution in [3.05, 3.63) is 41.6 Å². The second-order valence-electron chi connectivity index (χ2n) is 6.63. The molecule has 5 rings (SSSR count). The lowest BCUT2D eigenvalue weighted by atomic mass is 9.91. The number of amides is 1. The SMILES string of the molecule is CNC(=O)c1nc2ccc3c(c2c(-c2ccc4c(c2)OCO4)c1CCO)OCO3. The second-order valence-corrected chi connectivity index (χ2v) is 6.63. The fourth-order valence-electron chi connectivity index (χ4n) is 3.79. The number of aliphatic hydroxyl groups excluding tert-OH is 1. The van der Waals surface area contributed by atoms with Crippen LogP contribution in [0.4, 0.5) is 0 Å². The van der Waals surface area contributed by atoms with E-state index in [1.54, 1.807) is 19.2 Å². The number of ether oxygens (including phenoxy) is 4. The van der Waals surface area contributed by atoms with Crippen molar-refractivity contribution in [2.24, 2.45) is 0 Å². The maximum Gasteiger partial charge on any atom is 0.269 e. The number of nitrogens with zero attached hydrogens (tertiary/aromatic N) is 1. The van der Waals surface area contributed by atoms with Gasteiger partial charge < -0.3 is 29.4 Å². The molecule has 0 saturated carbocycles. The van der Waals surface area contributed by atoms with Crippen LogP contribution in [0.2, 0.25) is 0 Å². The third-order valence-corrected chi connectivity index (χ3v) is 5.05. The van der Waals surface area contributed by atoms with Crippen LogP contribution in [0.1, 0.15) is 16.1 Å². The molecular weight excluding hydrogens is 376 g/mol. The van der Waals surface area contributed by atoms with Gasteiger partial charge >= 0.3 is 0 Å². The van der Waals surface area contributed by atoms with Crippen LogP contribution in [0.15, 0.2) is 30.3 Å². The van der Waals surface area contributed by atoms with E-state index in [4.69, 9.17) is 18.9 Å². The average molecular weight is 394 g/mol. The summed E-state index contributed by atoms with van der Waals surface area (Å²) in [5.74, 6) is 2.14. The molecule has 0 atom stereocenters. The Bertz CT molecular complexity index is 1140. The lowest BCUT2D eigenvalue weighted by Gasteiger charge is -2.18. The van der Waals surface area contributed by atoms with E-state index in [9.17, 15) is 9.90 Å². The highest BCUT2D eigenvalue weighted by Gasteiger charge is 2.27. The van der Waals surface area contributed by atoms with Crippen LogP contribution < -0.4 is 24.3 Å². The summed E-state index contributed by atoms with van der Waals surface area (Å²) in [4.78, 5) is 17.2. The monoisotopic (exact) mass is 394 g/mol. The zero-order valence-corrected chi connectivity index (χ0v) is 15.7. The molecule has 2 N–H and O–H groups in total. The van der Waals surface area contributed by atoms with Gasteiger partial charge in [-0.05, 0) is 41.8 Å². The van der Waals surface area contributed by atoms with Gasteiger partial charge in [-0.2, -0.15) is 0 Å². The quantitative estimate of drug-likeness (QED) is 0.700. The van der Waals surface area contributed by atoms with Crippen molar-refractivity contribution in [2.45, 2.75) is 6.42 Å². The Balaban J connectivity index is 1.88. The second kappa shape index (κ2) is 6.82. The molecule has 1 amide bonds. The number of pyridine rings is 1. The molecule has 0 saturated heterocycles. The first-order valence-corrected chi connectivity index (χ1v) is 9.19. The van der Waals surface area contributed by atoms with Crippen LogP contribution in [0, 0.1) is 0 Å². The Morgan fingerprint density at radius 3 is 2.66 bits per heavy atom. The Kier molecular flexibility index (Phi) is 4.13. The van der Waals surface area contributed by atoms with Crippen LogP contribution in [-0.2, 0) is 6.42 Å². The fourth-order valence-corrected chi connectivity index (χ4v) is 3.79. The van der Waals surface area contributed by atoms with E-state index in [2.05, 4.69) is 10.3 Å². The minimum atomic E-state index is -0.324. The summed E-state index contributed by atoms with van der Waals surface area (Å²) in [7, 11) is 1.55. The number of aliphatic hydroxyl groups is 1. The molecule has 0 unspecified atom stereocenters. The van der Waals surface area contributed by atoms with Crippen molar-refractivity contribution in [3.63, 3.8) is 0 Å². The summed E-state index contributed by atoms with van der Waals surface area (Å²) >= 11 is 0. The molecule has 0 fully saturated rings. The Hall–Kier alpha value is -3.52. The molecule has 3 aromatic rings. The van der Waals surface area contributed by atoms with Crippen LogP contribution in [0.25, 0.3) is 22.0 Å². The average Bonchev–Trinajstić information content (AvgIpc) is 3.41. The Morgan fingerprint density at radius 2 is 1.83 bits per heavy atom. The normalized spacial score (nSPS) is 13.7. The molecule has 8 nitrogen and oxygen atoms in total. The highest BCUT2D eigenvalue weighted by molar-refractivity contribution is 6.07. The van der Waals surface area contributed by atoms with Gasteiger partial charge in [0.05, 0.1) is 10.9 Å². The molecule has 0 bridgehead atoms. The minimum absolute atomic E-state index is 0.113. The van der Waals surface area contributed by atoms with Crippen molar-refractivity contribution in [2.75, 3.05) is 27.2 Å². The van der Waals surface area contributed by atoms with Gasteiger partial charge in [0.1, 0.15) is 5.69 Å². The molecule has 3 heterocycles. The van der Waals surface area contributed by atoms with E-state index in [0.29, 0.717) is 34.1 Å². The van der Waals surface area contributed by atoms with Crippen LogP contribution in [0.3, 0.4) is 0 Å². The van der Waals surface area contributed by atoms with Gasteiger partial charge in [0.25, 0.3) is 5.91 Å². The fraction of sp³-hybridized carbons (Fsp3) is 0.238. The molecule has 2 aliphatic rings. The van der Waals surface area contributed by atoms with Crippen LogP contribution >= 0.6 is 0 Å². The molecule has 2 aliphatic heterocycles. The lowest BCUT2D eigenvalue weighted by molar-refractivity contribution is 0.0957. The van der Waals surface area contributed by atoms with Crippen molar-refractivity contribution < 1.29 is 28.8 Å². The van der Waals surface area contributed by atoms with Gasteiger partial charge in [0.2, 0.25) is 13.6 Å². The largest absolute Gasteiger partial charge is 0.454 e. The van der Waals surface area contributed by atoms with Crippen LogP contribution in [0.5, 0.6) is 23.0 Å². The van der Waals surface area contributed by atoms with Crippen molar-refractivity contribution in [1.82, 2.24) is 10.3 Å². The number of hydrogen-bond acceptors (Lipinski definition) is 7. The predicted octanol–water partition coefficient (Wildman–Crippen LogP) is 2.25. The molecule has 0 radical (unpaired) electrons. The standard InChI is InChI=1S/C21H18N2O6/c1-22-21(25)19-12(6-7-24)17(11-2-4-14-16(8-11)28-9-26-14)18-13(23-19)3-5-15-20(18)29-10-27-15/h2-5,8,24H,6-7,9-10H2,1H3,(H,22,25). The maximum absolute atomic E-state index is 12.6. The summed E-state index contributed by atoms with van der Waals surface area (Å²) < 4.78 is 22.3. The summed E-state index contributed by atoms with van der Waals surface area (Å²) in [6.45, 7) is 0.137. The third-order valence-electron chi connectivity index (χ3n) is 5.05. The van der Waals surface area contributed by atoms with E-state index in [1.165, 1.54) is 0 Å². The van der Waals surface area contributed by atoms with Gasteiger partial charge in [0.15, 0.2) is 23.0 Å². The number of nitrogens with one attached hydrogen (secondary N) is 1. The van der Waals surface area contributed by atoms with Gasteiger partial charge in [-0.15, -0.1) is 0 Å². The topological polar surface area (TPSA) is 99.1 Å². The highest BCUT2D eigenvalue weighted by Crippen LogP contribution is 2.47. The van der Waals surface area contributed by atoms with Gasteiger partial charge in [-0.25, -0.2) is 4.98 Å². The van der Waals surface area contributed by atoms with E-state index < -0.39 is 0 Å². The molecule has 8 heteroatoms. The number of benzene rings is 2. The molecule has 0 spiro atoms. The van der Waals surface area contributed by atoms with Crippen LogP contribution in [-0.4, -0.2) is 43.2 Å². The Morgan fingerprint density at radius 1 is 1.07 bits per heavy atom. The number of aromatic nitrogens is 1. The maximum atomic E-state index is 12.6. The summed E-state index contributed by atoms with van der Waals surface area (Å²) in [5, 5.41) is 13.1. The highest BCUT2D eigenvalue weighted by atomic mass is 16.7. The molecule has 2 aromatic carbocycles. The number of rotatable bonds is 4. The molecular formula is C21H18N2O6. The van der Waals surface area contributed by atoms with E-state index in [1.807, 2.05) is 18.2 Å². The summed E-state index contributed by atoms with van der Waals surface area (Å²) in [6, 6.07) is 9.16. The van der Waals surface area contributed by atoms with Gasteiger partial charge in [0, 0.05) is 19.2 Å². The molecule has 29 heavy (non-hydrogen) atoms. The smallest absolute Gasteiger partial charge is 0.269 e. The molecule has 148 valence electrons. The van der Waals surface area contributed by atoms with Crippen molar-refractivity contribution in [3.8, 4) is 34.1 Å². The number of carbonyl (C=O) groups is 1. The number of carbonyl (C=O) groups excluding carboxylic acids is 1. The lowest BCUT2D eigenvalue weighted by Crippen LogP contribution is -2.22. The summed E-state index contributed by atoms with van der Waals surface area (Å²) in [6.07, 6.45) is 0.250. The zero-order valence-electron chi connectivity index (χ0n) is 15.7. The van der Waals surface area contributed by atoms with E-state index >= 15 is 0 Å². The van der Waals surface area contributed by atoms with Gasteiger partial charge in [-0.3, -0.25) is 4.79 Å². The first-order valence-electron chi connectivity index (χ1n) is 9.19. The van der Waals surface area contributed by atoms with Crippen molar-refractivity contribution in [1.29, 1.82) is 0 Å². The Labute approximate surface area is 166 Å². The molecule has 1 aromatic heterocycles. The number of hydrogen-bond donors (Lipinski definition) is 2. The minimum Gasteiger partial charge on any atom is -0.454 e. The number of fused-ring (bicyclic) bond motifs is 4. The first-order chi connectivity index (χ1) is 14.2. The summed E-state index contributed by atoms with van der Waals surface area (Å²) in [5.41, 5.74) is 3.05. The van der Waals surface area contributed by atoms with E-state index in [-0.39, 0.29) is 38.2 Å². The predicted molar refractivity (Wildman–Crippen MR) is 104 cm³/mol. The van der Waals surface area contributed by atoms with Crippen molar-refractivity contribution >= 4 is 16.8 Å². The van der Waals surface area contributed by atoms with Gasteiger partial charge in [-0.1, -0.05) is 6.07 Å². The third kappa shape index (κ3) is 2.72. The zero-order chi connectivity index (χ0) is 20.0. The first kappa shape index (κ1) is 17.6. The van der Waals surface area contributed by atoms with E-state index in [0.717, 1.165) is 16.5 Å². The molecule has 0 aliphatic carbocycles.